The first-order valence-corrected chi connectivity index (χ1v) is 6.29. The summed E-state index contributed by atoms with van der Waals surface area (Å²) in [5.74, 6) is 0. The average molecular weight is 316 g/mol. The van der Waals surface area contributed by atoms with Crippen LogP contribution >= 0.6 is 34.8 Å². The van der Waals surface area contributed by atoms with Crippen molar-refractivity contribution in [2.75, 3.05) is 0 Å². The van der Waals surface area contributed by atoms with Gasteiger partial charge in [-0.15, -0.1) is 0 Å². The monoisotopic (exact) mass is 314 g/mol. The summed E-state index contributed by atoms with van der Waals surface area (Å²) in [6.07, 6.45) is 1.35. The summed E-state index contributed by atoms with van der Waals surface area (Å²) < 4.78 is 1.22. The van der Waals surface area contributed by atoms with Gasteiger partial charge in [-0.05, 0) is 23.7 Å². The topological polar surface area (TPSA) is 63.6 Å². The third kappa shape index (κ3) is 2.00. The maximum Gasteiger partial charge on any atom is 0.282 e. The van der Waals surface area contributed by atoms with Gasteiger partial charge in [-0.25, -0.2) is 9.67 Å². The lowest BCUT2D eigenvalue weighted by atomic mass is 10.3. The Morgan fingerprint density at radius 1 is 1.16 bits per heavy atom. The molecule has 19 heavy (non-hydrogen) atoms. The van der Waals surface area contributed by atoms with Crippen LogP contribution in [0.4, 0.5) is 0 Å². The number of fused-ring (bicyclic) bond motifs is 1. The Morgan fingerprint density at radius 3 is 2.53 bits per heavy atom. The van der Waals surface area contributed by atoms with Crippen LogP contribution in [0.5, 0.6) is 0 Å². The molecular formula is C11H5Cl3N4O. The number of halogens is 3. The number of aromatic nitrogens is 4. The summed E-state index contributed by atoms with van der Waals surface area (Å²) in [6, 6.07) is 4.97. The molecule has 5 nitrogen and oxygen atoms in total. The number of nitrogens with one attached hydrogen (secondary N) is 1. The molecule has 0 aliphatic carbocycles. The van der Waals surface area contributed by atoms with Crippen molar-refractivity contribution >= 4 is 45.8 Å². The van der Waals surface area contributed by atoms with Gasteiger partial charge in [-0.2, -0.15) is 4.98 Å². The highest BCUT2D eigenvalue weighted by molar-refractivity contribution is 6.37. The molecule has 0 aliphatic heterocycles. The van der Waals surface area contributed by atoms with Crippen LogP contribution in [0, 0.1) is 0 Å². The van der Waals surface area contributed by atoms with E-state index in [0.717, 1.165) is 0 Å². The van der Waals surface area contributed by atoms with Crippen LogP contribution < -0.4 is 5.56 Å². The summed E-state index contributed by atoms with van der Waals surface area (Å²) in [5, 5.41) is 3.85. The lowest BCUT2D eigenvalue weighted by molar-refractivity contribution is 0.858. The van der Waals surface area contributed by atoms with Crippen molar-refractivity contribution in [3.05, 3.63) is 50.1 Å². The summed E-state index contributed by atoms with van der Waals surface area (Å²) in [4.78, 5) is 19.9. The van der Waals surface area contributed by atoms with E-state index in [1.165, 1.54) is 10.9 Å². The van der Waals surface area contributed by atoms with E-state index in [1.54, 1.807) is 18.2 Å². The number of nitrogens with zero attached hydrogens (tertiary/aromatic N) is 3. The van der Waals surface area contributed by atoms with E-state index < -0.39 is 0 Å². The predicted molar refractivity (Wildman–Crippen MR) is 74.5 cm³/mol. The van der Waals surface area contributed by atoms with Crippen molar-refractivity contribution in [2.45, 2.75) is 0 Å². The van der Waals surface area contributed by atoms with E-state index in [4.69, 9.17) is 34.8 Å². The van der Waals surface area contributed by atoms with E-state index in [0.29, 0.717) is 26.8 Å². The highest BCUT2D eigenvalue weighted by Gasteiger charge is 2.15. The number of rotatable bonds is 1. The molecule has 1 aromatic carbocycles. The fourth-order valence-corrected chi connectivity index (χ4v) is 2.44. The van der Waals surface area contributed by atoms with Crippen molar-refractivity contribution in [3.63, 3.8) is 0 Å². The standard InChI is InChI=1S/C11H5Cl3N4O/c12-6-2-1-3-7(13)8(6)18-10(19)5-4-15-11(14)16-9(5)17-18/h1-4H,(H,15,16,17). The van der Waals surface area contributed by atoms with Gasteiger partial charge in [0, 0.05) is 6.20 Å². The number of benzene rings is 1. The minimum absolute atomic E-state index is 0.0474. The number of aromatic amines is 1. The molecule has 0 fully saturated rings. The molecule has 0 saturated carbocycles. The molecule has 0 spiro atoms. The maximum atomic E-state index is 12.2. The van der Waals surface area contributed by atoms with E-state index in [1.807, 2.05) is 0 Å². The summed E-state index contributed by atoms with van der Waals surface area (Å²) in [5.41, 5.74) is 0.340. The molecule has 0 saturated heterocycles. The Hall–Kier alpha value is -1.56. The highest BCUT2D eigenvalue weighted by Crippen LogP contribution is 2.27. The van der Waals surface area contributed by atoms with Gasteiger partial charge in [-0.1, -0.05) is 29.3 Å². The Morgan fingerprint density at radius 2 is 1.84 bits per heavy atom. The van der Waals surface area contributed by atoms with Crippen molar-refractivity contribution in [1.82, 2.24) is 19.7 Å². The molecule has 0 unspecified atom stereocenters. The molecule has 0 aliphatic rings. The third-order valence-electron chi connectivity index (χ3n) is 2.57. The van der Waals surface area contributed by atoms with Gasteiger partial charge >= 0.3 is 0 Å². The normalized spacial score (nSPS) is 11.1. The molecule has 8 heteroatoms. The van der Waals surface area contributed by atoms with Gasteiger partial charge < -0.3 is 0 Å². The molecule has 3 rings (SSSR count). The van der Waals surface area contributed by atoms with Gasteiger partial charge in [0.15, 0.2) is 5.65 Å². The lowest BCUT2D eigenvalue weighted by Crippen LogP contribution is -2.15. The van der Waals surface area contributed by atoms with Crippen LogP contribution in [-0.2, 0) is 0 Å². The fourth-order valence-electron chi connectivity index (χ4n) is 1.74. The molecular weight excluding hydrogens is 311 g/mol. The fraction of sp³-hybridized carbons (Fsp3) is 0. The van der Waals surface area contributed by atoms with Crippen LogP contribution in [0.25, 0.3) is 16.7 Å². The van der Waals surface area contributed by atoms with Gasteiger partial charge in [0.2, 0.25) is 5.28 Å². The van der Waals surface area contributed by atoms with E-state index in [2.05, 4.69) is 15.1 Å². The van der Waals surface area contributed by atoms with Crippen LogP contribution in [0.1, 0.15) is 0 Å². The number of hydrogen-bond acceptors (Lipinski definition) is 3. The first-order valence-electron chi connectivity index (χ1n) is 5.15. The first-order chi connectivity index (χ1) is 9.08. The minimum Gasteiger partial charge on any atom is -0.273 e. The van der Waals surface area contributed by atoms with Crippen molar-refractivity contribution in [1.29, 1.82) is 0 Å². The molecule has 2 aromatic heterocycles. The lowest BCUT2D eigenvalue weighted by Gasteiger charge is -2.05. The Bertz CT molecular complexity index is 819. The number of H-pyrrole nitrogens is 1. The summed E-state index contributed by atoms with van der Waals surface area (Å²) in [6.45, 7) is 0. The van der Waals surface area contributed by atoms with Crippen LogP contribution in [0.15, 0.2) is 29.2 Å². The van der Waals surface area contributed by atoms with E-state index in [-0.39, 0.29) is 10.8 Å². The van der Waals surface area contributed by atoms with Crippen molar-refractivity contribution in [2.24, 2.45) is 0 Å². The highest BCUT2D eigenvalue weighted by atomic mass is 35.5. The quantitative estimate of drug-likeness (QED) is 0.702. The van der Waals surface area contributed by atoms with Crippen molar-refractivity contribution in [3.8, 4) is 5.69 Å². The largest absolute Gasteiger partial charge is 0.282 e. The average Bonchev–Trinajstić information content (AvgIpc) is 2.66. The SMILES string of the molecule is O=c1c2cnc(Cl)nc2[nH]n1-c1c(Cl)cccc1Cl. The Balaban J connectivity index is 2.38. The second kappa shape index (κ2) is 4.52. The van der Waals surface area contributed by atoms with Gasteiger partial charge in [0.1, 0.15) is 11.1 Å². The van der Waals surface area contributed by atoms with Gasteiger partial charge in [0.25, 0.3) is 5.56 Å². The van der Waals surface area contributed by atoms with Crippen LogP contribution in [0.3, 0.4) is 0 Å². The minimum atomic E-state index is -0.346. The smallest absolute Gasteiger partial charge is 0.273 e. The zero-order valence-corrected chi connectivity index (χ0v) is 11.5. The van der Waals surface area contributed by atoms with E-state index in [9.17, 15) is 4.79 Å². The Kier molecular flexibility index (Phi) is 2.97. The Labute approximate surface area is 121 Å². The second-order valence-corrected chi connectivity index (χ2v) is 4.88. The van der Waals surface area contributed by atoms with Gasteiger partial charge in [-0.3, -0.25) is 9.89 Å². The van der Waals surface area contributed by atoms with Crippen LogP contribution in [-0.4, -0.2) is 19.7 Å². The molecule has 0 bridgehead atoms. The van der Waals surface area contributed by atoms with Crippen molar-refractivity contribution < 1.29 is 0 Å². The first kappa shape index (κ1) is 12.5. The second-order valence-electron chi connectivity index (χ2n) is 3.72. The molecule has 0 amide bonds. The maximum absolute atomic E-state index is 12.2. The zero-order chi connectivity index (χ0) is 13.6. The molecule has 3 aromatic rings. The van der Waals surface area contributed by atoms with Gasteiger partial charge in [0.05, 0.1) is 10.0 Å². The van der Waals surface area contributed by atoms with E-state index >= 15 is 0 Å². The molecule has 1 N–H and O–H groups in total. The molecule has 0 radical (unpaired) electrons. The third-order valence-corrected chi connectivity index (χ3v) is 3.36. The summed E-state index contributed by atoms with van der Waals surface area (Å²) >= 11 is 17.8. The number of para-hydroxylation sites is 1. The number of hydrogen-bond donors (Lipinski definition) is 1. The predicted octanol–water partition coefficient (Wildman–Crippen LogP) is 3.07. The zero-order valence-electron chi connectivity index (χ0n) is 9.19. The molecule has 96 valence electrons. The molecule has 2 heterocycles. The van der Waals surface area contributed by atoms with Crippen LogP contribution in [0.2, 0.25) is 15.3 Å². The summed E-state index contributed by atoms with van der Waals surface area (Å²) in [7, 11) is 0. The molecule has 0 atom stereocenters.